The largest absolute Gasteiger partial charge is 0.289 e. The number of benzene rings is 3. The zero-order valence-corrected chi connectivity index (χ0v) is 15.9. The Hall–Kier alpha value is -1.97. The van der Waals surface area contributed by atoms with Gasteiger partial charge in [0.25, 0.3) is 0 Å². The van der Waals surface area contributed by atoms with Crippen LogP contribution >= 0.6 is 31.9 Å². The summed E-state index contributed by atoms with van der Waals surface area (Å²) in [7, 11) is 0. The number of carbonyl (C=O) groups excluding carboxylic acids is 1. The van der Waals surface area contributed by atoms with E-state index in [1.165, 1.54) is 0 Å². The molecule has 0 saturated carbocycles. The molecule has 0 aliphatic heterocycles. The van der Waals surface area contributed by atoms with Gasteiger partial charge in [0, 0.05) is 14.5 Å². The topological polar surface area (TPSA) is 17.1 Å². The fourth-order valence-corrected chi connectivity index (χ4v) is 3.03. The van der Waals surface area contributed by atoms with Crippen LogP contribution in [0.3, 0.4) is 0 Å². The van der Waals surface area contributed by atoms with Gasteiger partial charge in [-0.2, -0.15) is 0 Å². The number of allylic oxidation sites excluding steroid dienone is 1. The normalized spacial score (nSPS) is 10.9. The zero-order chi connectivity index (χ0) is 16.9. The van der Waals surface area contributed by atoms with E-state index in [1.54, 1.807) is 6.08 Å². The molecule has 118 valence electrons. The van der Waals surface area contributed by atoms with Crippen LogP contribution in [0.25, 0.3) is 17.2 Å². The van der Waals surface area contributed by atoms with E-state index in [2.05, 4.69) is 31.9 Å². The molecule has 0 unspecified atom stereocenters. The number of halogens is 2. The summed E-state index contributed by atoms with van der Waals surface area (Å²) in [6, 6.07) is 23.6. The van der Waals surface area contributed by atoms with Crippen LogP contribution in [0.2, 0.25) is 0 Å². The fraction of sp³-hybridized carbons (Fsp3) is 0. The monoisotopic (exact) mass is 440 g/mol. The molecule has 0 fully saturated rings. The molecule has 0 saturated heterocycles. The third-order valence-electron chi connectivity index (χ3n) is 3.62. The predicted molar refractivity (Wildman–Crippen MR) is 107 cm³/mol. The fourth-order valence-electron chi connectivity index (χ4n) is 2.35. The van der Waals surface area contributed by atoms with Gasteiger partial charge < -0.3 is 0 Å². The summed E-state index contributed by atoms with van der Waals surface area (Å²) < 4.78 is 2.05. The van der Waals surface area contributed by atoms with Crippen molar-refractivity contribution in [2.24, 2.45) is 0 Å². The molecule has 24 heavy (non-hydrogen) atoms. The maximum Gasteiger partial charge on any atom is 0.185 e. The molecule has 3 aromatic rings. The Morgan fingerprint density at radius 3 is 2.00 bits per heavy atom. The van der Waals surface area contributed by atoms with Crippen LogP contribution in [0.4, 0.5) is 0 Å². The van der Waals surface area contributed by atoms with Crippen LogP contribution in [0.15, 0.2) is 87.8 Å². The number of ketones is 1. The van der Waals surface area contributed by atoms with Crippen LogP contribution in [0.1, 0.15) is 15.9 Å². The van der Waals surface area contributed by atoms with Crippen LogP contribution in [-0.2, 0) is 0 Å². The van der Waals surface area contributed by atoms with Gasteiger partial charge in [-0.1, -0.05) is 86.5 Å². The Morgan fingerprint density at radius 1 is 0.750 bits per heavy atom. The molecule has 0 amide bonds. The van der Waals surface area contributed by atoms with Gasteiger partial charge in [0.05, 0.1) is 0 Å². The lowest BCUT2D eigenvalue weighted by Gasteiger charge is -2.03. The summed E-state index contributed by atoms with van der Waals surface area (Å²) in [4.78, 5) is 12.3. The molecular weight excluding hydrogens is 428 g/mol. The molecular formula is C21H14Br2O. The first-order valence-corrected chi connectivity index (χ1v) is 9.04. The lowest BCUT2D eigenvalue weighted by molar-refractivity contribution is 0.104. The van der Waals surface area contributed by atoms with E-state index in [4.69, 9.17) is 0 Å². The molecule has 0 aromatic heterocycles. The molecule has 1 nitrogen and oxygen atoms in total. The Morgan fingerprint density at radius 2 is 1.38 bits per heavy atom. The summed E-state index contributed by atoms with van der Waals surface area (Å²) in [5, 5.41) is 0. The predicted octanol–water partition coefficient (Wildman–Crippen LogP) is 6.77. The Bertz CT molecular complexity index is 878. The molecule has 0 atom stereocenters. The molecule has 0 heterocycles. The van der Waals surface area contributed by atoms with Crippen molar-refractivity contribution in [2.45, 2.75) is 0 Å². The van der Waals surface area contributed by atoms with E-state index in [1.807, 2.05) is 78.9 Å². The second-order valence-electron chi connectivity index (χ2n) is 5.34. The summed E-state index contributed by atoms with van der Waals surface area (Å²) in [5.41, 5.74) is 3.89. The Balaban J connectivity index is 1.75. The van der Waals surface area contributed by atoms with Crippen LogP contribution < -0.4 is 0 Å². The highest BCUT2D eigenvalue weighted by molar-refractivity contribution is 9.10. The summed E-state index contributed by atoms with van der Waals surface area (Å²) >= 11 is 6.86. The molecule has 0 spiro atoms. The van der Waals surface area contributed by atoms with Crippen LogP contribution in [-0.4, -0.2) is 5.78 Å². The number of carbonyl (C=O) groups is 1. The average Bonchev–Trinajstić information content (AvgIpc) is 2.61. The van der Waals surface area contributed by atoms with Crippen LogP contribution in [0.5, 0.6) is 0 Å². The maximum absolute atomic E-state index is 12.3. The lowest BCUT2D eigenvalue weighted by atomic mass is 10.0. The number of hydrogen-bond donors (Lipinski definition) is 0. The standard InChI is InChI=1S/C21H14Br2O/c22-19-11-9-17(10-12-19)16-5-7-18(8-6-16)21(24)13-4-15-2-1-3-20(23)14-15/h1-14H. The van der Waals surface area contributed by atoms with Crippen molar-refractivity contribution in [1.29, 1.82) is 0 Å². The highest BCUT2D eigenvalue weighted by atomic mass is 79.9. The molecule has 0 radical (unpaired) electrons. The molecule has 3 aromatic carbocycles. The molecule has 3 rings (SSSR count). The van der Waals surface area contributed by atoms with Gasteiger partial charge >= 0.3 is 0 Å². The smallest absolute Gasteiger partial charge is 0.185 e. The van der Waals surface area contributed by atoms with E-state index < -0.39 is 0 Å². The quantitative estimate of drug-likeness (QED) is 0.322. The molecule has 0 aliphatic carbocycles. The van der Waals surface area contributed by atoms with E-state index in [0.717, 1.165) is 25.6 Å². The SMILES string of the molecule is O=C(C=Cc1cccc(Br)c1)c1ccc(-c2ccc(Br)cc2)cc1. The highest BCUT2D eigenvalue weighted by Crippen LogP contribution is 2.22. The van der Waals surface area contributed by atoms with Crippen molar-refractivity contribution in [3.05, 3.63) is 98.9 Å². The first-order chi connectivity index (χ1) is 11.6. The molecule has 0 N–H and O–H groups in total. The Labute approximate surface area is 158 Å². The third kappa shape index (κ3) is 4.31. The van der Waals surface area contributed by atoms with E-state index >= 15 is 0 Å². The summed E-state index contributed by atoms with van der Waals surface area (Å²) in [6.45, 7) is 0. The summed E-state index contributed by atoms with van der Waals surface area (Å²) in [6.07, 6.45) is 3.44. The summed E-state index contributed by atoms with van der Waals surface area (Å²) in [5.74, 6) is -0.00247. The van der Waals surface area contributed by atoms with Gasteiger partial charge in [-0.05, 0) is 47.0 Å². The van der Waals surface area contributed by atoms with Crippen molar-refractivity contribution in [1.82, 2.24) is 0 Å². The van der Waals surface area contributed by atoms with E-state index in [-0.39, 0.29) is 5.78 Å². The highest BCUT2D eigenvalue weighted by Gasteiger charge is 2.03. The van der Waals surface area contributed by atoms with Gasteiger partial charge in [-0.3, -0.25) is 4.79 Å². The van der Waals surface area contributed by atoms with Crippen molar-refractivity contribution < 1.29 is 4.79 Å². The minimum absolute atomic E-state index is 0.00247. The van der Waals surface area contributed by atoms with Gasteiger partial charge in [0.15, 0.2) is 5.78 Å². The van der Waals surface area contributed by atoms with Gasteiger partial charge in [-0.25, -0.2) is 0 Å². The van der Waals surface area contributed by atoms with Gasteiger partial charge in [-0.15, -0.1) is 0 Å². The minimum Gasteiger partial charge on any atom is -0.289 e. The second-order valence-corrected chi connectivity index (χ2v) is 7.17. The molecule has 0 bridgehead atoms. The first kappa shape index (κ1) is 16.9. The maximum atomic E-state index is 12.3. The van der Waals surface area contributed by atoms with Gasteiger partial charge in [0.2, 0.25) is 0 Å². The average molecular weight is 442 g/mol. The lowest BCUT2D eigenvalue weighted by Crippen LogP contribution is -1.93. The van der Waals surface area contributed by atoms with Crippen molar-refractivity contribution in [2.75, 3.05) is 0 Å². The Kier molecular flexibility index (Phi) is 5.44. The number of hydrogen-bond acceptors (Lipinski definition) is 1. The van der Waals surface area contributed by atoms with Crippen molar-refractivity contribution in [3.8, 4) is 11.1 Å². The third-order valence-corrected chi connectivity index (χ3v) is 4.64. The zero-order valence-electron chi connectivity index (χ0n) is 12.7. The molecule has 3 heteroatoms. The van der Waals surface area contributed by atoms with Crippen molar-refractivity contribution in [3.63, 3.8) is 0 Å². The number of rotatable bonds is 4. The van der Waals surface area contributed by atoms with Crippen molar-refractivity contribution >= 4 is 43.7 Å². The van der Waals surface area contributed by atoms with E-state index in [9.17, 15) is 4.79 Å². The molecule has 0 aliphatic rings. The van der Waals surface area contributed by atoms with Gasteiger partial charge in [0.1, 0.15) is 0 Å². The van der Waals surface area contributed by atoms with E-state index in [0.29, 0.717) is 5.56 Å². The minimum atomic E-state index is -0.00247. The first-order valence-electron chi connectivity index (χ1n) is 7.46. The van der Waals surface area contributed by atoms with Crippen LogP contribution in [0, 0.1) is 0 Å². The second kappa shape index (κ2) is 7.73.